The minimum atomic E-state index is -4.66. The first-order valence-electron chi connectivity index (χ1n) is 33.7. The standard InChI is InChI=1S/C46H53N11O12S2.C18H15O9PS3.C6H13NO5.Tc/c1-57-30-38(42(58)37-14-4-31(26-40(37)57)27-53-46-49-18-19-50-46)44(60)52-29-39(45(61)62)56-71(65,66)36-12-7-33(8-13-36)32-5-10-35(11-6-32)70(63,64)54-17-3-21-68-23-25-69-24-22-67-20-2-16-48-43(59)34-9-15-41(55-47)51-28-34;19-29(20,21)16-7-1-13(2-8-16)28(14-3-9-17(10-4-14)30(22,23)24)15-5-11-18(12-6-15)31(25,26)27;8-2-6(3-9,4-10)7-1-5(11)12;/h4-15,18-19,26,28,30,39,47,54,56H,2-3,16-17,20-25,27,29H2,1H3,(H,48,59)(H,52,60)(H,61,62)(H2,49,50,53);1-12H,(H,19,20,21)(H,22,23,24)(H,25,26,27);7-10H,1-4H2,(H,11,12);/p-3/i;;;1+1. The van der Waals surface area contributed by atoms with E-state index in [0.29, 0.717) is 110 Å². The minimum absolute atomic E-state index is 0. The number of aromatic nitrogens is 4. The molecular weight excluding hydrogens is 1720 g/mol. The summed E-state index contributed by atoms with van der Waals surface area (Å²) in [7, 11) is -22.1. The van der Waals surface area contributed by atoms with Crippen LogP contribution in [0.15, 0.2) is 211 Å². The summed E-state index contributed by atoms with van der Waals surface area (Å²) in [6.07, 6.45) is 6.98. The molecule has 1 radical (unpaired) electrons. The number of nitrogens with zero attached hydrogens (tertiary/aromatic N) is 4. The Morgan fingerprint density at radius 2 is 1.09 bits per heavy atom. The second kappa shape index (κ2) is 44.0. The van der Waals surface area contributed by atoms with Gasteiger partial charge in [-0.2, -0.15) is 4.72 Å². The van der Waals surface area contributed by atoms with Crippen molar-refractivity contribution >= 4 is 121 Å². The van der Waals surface area contributed by atoms with Gasteiger partial charge in [0.15, 0.2) is 11.8 Å². The fraction of sp³-hybridized carbons (Fsp3) is 0.271. The van der Waals surface area contributed by atoms with E-state index < -0.39 is 141 Å². The molecule has 619 valence electrons. The van der Waals surface area contributed by atoms with Crippen LogP contribution in [0.3, 0.4) is 0 Å². The number of imidazole rings is 1. The number of H-pyrrole nitrogens is 1. The number of aliphatic hydroxyl groups excluding tert-OH is 3. The number of nitrogens with one attached hydrogen (secondary N) is 8. The van der Waals surface area contributed by atoms with Crippen molar-refractivity contribution in [2.24, 2.45) is 12.2 Å². The third-order valence-electron chi connectivity index (χ3n) is 16.2. The number of sulfonamides is 2. The van der Waals surface area contributed by atoms with Crippen LogP contribution in [0.25, 0.3) is 22.0 Å². The van der Waals surface area contributed by atoms with Gasteiger partial charge in [0.05, 0.1) is 93.9 Å². The fourth-order valence-electron chi connectivity index (χ4n) is 10.1. The molecule has 45 heteroatoms. The Hall–Kier alpha value is -9.48. The van der Waals surface area contributed by atoms with E-state index >= 15 is 0 Å². The number of carbonyl (C=O) groups excluding carboxylic acids is 2. The van der Waals surface area contributed by atoms with E-state index in [1.54, 1.807) is 60.4 Å². The number of aryl methyl sites for hydroxylation is 1. The number of benzene rings is 6. The predicted molar refractivity (Wildman–Crippen MR) is 408 cm³/mol. The molecule has 13 N–H and O–H groups in total. The normalized spacial score (nSPS) is 12.1. The summed E-state index contributed by atoms with van der Waals surface area (Å²) in [5.41, 5.74) is 7.65. The van der Waals surface area contributed by atoms with Crippen molar-refractivity contribution in [3.05, 3.63) is 203 Å². The number of anilines is 1. The average molecular weight is 1790 g/mol. The van der Waals surface area contributed by atoms with Crippen LogP contribution in [-0.4, -0.2) is 222 Å². The molecule has 1 unspecified atom stereocenters. The summed E-state index contributed by atoms with van der Waals surface area (Å²) < 4.78 is 176. The number of aliphatic hydroxyl groups is 3. The van der Waals surface area contributed by atoms with Crippen LogP contribution < -0.4 is 52.1 Å². The van der Waals surface area contributed by atoms with Gasteiger partial charge >= 0.3 is 11.9 Å². The van der Waals surface area contributed by atoms with Gasteiger partial charge in [-0.05, 0) is 138 Å². The van der Waals surface area contributed by atoms with E-state index in [4.69, 9.17) is 40.2 Å². The van der Waals surface area contributed by atoms with Crippen molar-refractivity contribution in [1.82, 2.24) is 44.9 Å². The number of pyridine rings is 2. The third kappa shape index (κ3) is 28.7. The molecule has 0 saturated carbocycles. The molecule has 38 nitrogen and oxygen atoms in total. The van der Waals surface area contributed by atoms with Crippen LogP contribution in [0.2, 0.25) is 0 Å². The molecule has 0 bridgehead atoms. The second-order valence-electron chi connectivity index (χ2n) is 24.3. The number of hydrogen-bond acceptors (Lipinski definition) is 30. The molecule has 9 rings (SSSR count). The Balaban J connectivity index is 0.000000382. The van der Waals surface area contributed by atoms with Crippen molar-refractivity contribution in [2.45, 2.75) is 55.4 Å². The smallest absolute Gasteiger partial charge is 0.323 e. The zero-order valence-corrected chi connectivity index (χ0v) is 67.4. The Kier molecular flexibility index (Phi) is 36.1. The van der Waals surface area contributed by atoms with Crippen molar-refractivity contribution in [3.63, 3.8) is 0 Å². The maximum Gasteiger partial charge on any atom is 0.323 e. The van der Waals surface area contributed by atoms with Crippen LogP contribution in [0.4, 0.5) is 11.8 Å². The van der Waals surface area contributed by atoms with E-state index in [9.17, 15) is 84.8 Å². The van der Waals surface area contributed by atoms with Gasteiger partial charge in [0.1, 0.15) is 42.0 Å². The first kappa shape index (κ1) is 94.4. The molecule has 1 atom stereocenters. The number of hydrogen-bond donors (Lipinski definition) is 13. The van der Waals surface area contributed by atoms with E-state index in [1.165, 1.54) is 91.3 Å². The predicted octanol–water partition coefficient (Wildman–Crippen LogP) is 0.829. The van der Waals surface area contributed by atoms with Gasteiger partial charge in [0, 0.05) is 96.7 Å². The summed E-state index contributed by atoms with van der Waals surface area (Å²) in [5.74, 6) is -3.05. The van der Waals surface area contributed by atoms with Gasteiger partial charge in [-0.3, -0.25) is 29.3 Å². The molecule has 2 amide bonds. The Morgan fingerprint density at radius 3 is 1.52 bits per heavy atom. The zero-order chi connectivity index (χ0) is 83.4. The summed E-state index contributed by atoms with van der Waals surface area (Å²) in [5, 5.41) is 59.9. The van der Waals surface area contributed by atoms with Crippen LogP contribution in [0.5, 0.6) is 0 Å². The summed E-state index contributed by atoms with van der Waals surface area (Å²) in [6.45, 7) is 0.390. The van der Waals surface area contributed by atoms with Gasteiger partial charge in [-0.1, -0.05) is 66.7 Å². The van der Waals surface area contributed by atoms with Crippen molar-refractivity contribution < 1.29 is 135 Å². The van der Waals surface area contributed by atoms with Crippen LogP contribution in [-0.2, 0) is 108 Å². The first-order valence-corrected chi connectivity index (χ1v) is 42.3. The topological polar surface area (TPSA) is 609 Å². The number of carboxylic acids is 2. The van der Waals surface area contributed by atoms with Crippen molar-refractivity contribution in [2.75, 3.05) is 91.0 Å². The second-order valence-corrected chi connectivity index (χ2v) is 34.1. The number of ether oxygens (including phenoxy) is 3. The van der Waals surface area contributed by atoms with Crippen LogP contribution in [0, 0.1) is 5.53 Å². The summed E-state index contributed by atoms with van der Waals surface area (Å²) in [4.78, 5) is 70.2. The quantitative estimate of drug-likeness (QED) is 0.0109. The third-order valence-corrected chi connectivity index (χ3v) is 24.2. The number of carboxylic acid groups (broad SMARTS) is 2. The SMILES string of the molecule is Cn1cc(C(=O)NCC(NS(=O)(=O)c2ccc(-c3ccc(S(=O)(=O)NCCCOCCOCCOCCCNC(=O)c4ccc(N=N)nc4)cc3)cc2)C(=O)O)c(=O)c2ccc(CNc3ncc[nH]3)cc21.O=C(O)CNC(CO)(CO)CO.O=S(=O)([O-])c1ccc(P(c2ccc(S(=O)(=O)[O-])cc2)c2ccc(S(=O)(=O)[O-])cc2)cc1.[99Tc]. The maximum absolute atomic E-state index is 13.3. The number of carbonyl (C=O) groups is 4. The van der Waals surface area contributed by atoms with Gasteiger partial charge in [0.25, 0.3) is 11.8 Å². The Labute approximate surface area is 674 Å². The van der Waals surface area contributed by atoms with E-state index in [2.05, 4.69) is 50.8 Å². The monoisotopic (exact) mass is 1790 g/mol. The molecule has 0 fully saturated rings. The molecular formula is C70H78N12O26PS5Tc-3. The number of rotatable bonds is 41. The molecule has 0 aliphatic carbocycles. The molecule has 0 saturated heterocycles. The van der Waals surface area contributed by atoms with E-state index in [-0.39, 0.29) is 59.1 Å². The van der Waals surface area contributed by atoms with Gasteiger partial charge < -0.3 is 78.9 Å². The molecule has 0 spiro atoms. The molecule has 115 heavy (non-hydrogen) atoms. The molecule has 9 aromatic rings. The zero-order valence-electron chi connectivity index (χ0n) is 60.6. The summed E-state index contributed by atoms with van der Waals surface area (Å²) >= 11 is 0. The van der Waals surface area contributed by atoms with Crippen LogP contribution >= 0.6 is 7.92 Å². The number of fused-ring (bicyclic) bond motifs is 1. The number of aromatic amines is 1. The van der Waals surface area contributed by atoms with Gasteiger partial charge in [-0.25, -0.2) is 62.3 Å². The molecule has 6 aromatic carbocycles. The first-order chi connectivity index (χ1) is 54.0. The number of aliphatic carboxylic acids is 2. The minimum Gasteiger partial charge on any atom is -0.744 e. The Bertz CT molecular complexity index is 5230. The maximum atomic E-state index is 13.3. The van der Waals surface area contributed by atoms with Crippen molar-refractivity contribution in [1.29, 1.82) is 5.53 Å². The molecule has 3 heterocycles. The van der Waals surface area contributed by atoms with E-state index in [0.717, 1.165) is 42.0 Å². The average Bonchev–Trinajstić information content (AvgIpc) is 0.795. The number of amides is 2. The van der Waals surface area contributed by atoms with E-state index in [1.807, 2.05) is 0 Å². The van der Waals surface area contributed by atoms with Gasteiger partial charge in [-0.15, -0.1) is 5.11 Å². The molecule has 0 aliphatic rings. The molecule has 0 aliphatic heterocycles. The van der Waals surface area contributed by atoms with Crippen LogP contribution in [0.1, 0.15) is 39.1 Å². The Morgan fingerprint density at radius 1 is 0.609 bits per heavy atom. The van der Waals surface area contributed by atoms with Crippen molar-refractivity contribution in [3.8, 4) is 11.1 Å². The largest absolute Gasteiger partial charge is 0.744 e. The summed E-state index contributed by atoms with van der Waals surface area (Å²) in [6, 6.07) is 33.0. The molecule has 3 aromatic heterocycles. The van der Waals surface area contributed by atoms with Gasteiger partial charge in [0.2, 0.25) is 25.5 Å². The fourth-order valence-corrected chi connectivity index (χ4v) is 16.0.